The first-order valence-electron chi connectivity index (χ1n) is 5.33. The smallest absolute Gasteiger partial charge is 0.145 e. The molecule has 0 amide bonds. The second-order valence-electron chi connectivity index (χ2n) is 4.11. The Kier molecular flexibility index (Phi) is 4.83. The third kappa shape index (κ3) is 3.54. The van der Waals surface area contributed by atoms with Crippen molar-refractivity contribution in [3.05, 3.63) is 17.3 Å². The lowest BCUT2D eigenvalue weighted by Gasteiger charge is -2.22. The Labute approximate surface area is 101 Å². The molecular formula is C11H18ClN3O. The topological polar surface area (TPSA) is 71.2 Å². The number of aliphatic hydroxyl groups excluding tert-OH is 1. The lowest BCUT2D eigenvalue weighted by molar-refractivity contribution is 0.267. The maximum atomic E-state index is 8.96. The maximum Gasteiger partial charge on any atom is 0.145 e. The monoisotopic (exact) mass is 243 g/mol. The van der Waals surface area contributed by atoms with Gasteiger partial charge < -0.3 is 16.2 Å². The van der Waals surface area contributed by atoms with E-state index in [1.807, 2.05) is 0 Å². The molecule has 1 aromatic rings. The summed E-state index contributed by atoms with van der Waals surface area (Å²) in [6.45, 7) is 4.31. The van der Waals surface area contributed by atoms with Crippen molar-refractivity contribution in [1.82, 2.24) is 4.98 Å². The number of halogens is 1. The molecular weight excluding hydrogens is 226 g/mol. The van der Waals surface area contributed by atoms with Crippen LogP contribution in [0.25, 0.3) is 0 Å². The number of hydrogen-bond donors (Lipinski definition) is 3. The quantitative estimate of drug-likeness (QED) is 0.741. The number of anilines is 2. The molecule has 0 saturated heterocycles. The summed E-state index contributed by atoms with van der Waals surface area (Å²) in [5.74, 6) is 1.01. The number of nitrogens with one attached hydrogen (secondary N) is 1. The molecule has 0 fully saturated rings. The van der Waals surface area contributed by atoms with E-state index < -0.39 is 0 Å². The number of aromatic nitrogens is 1. The summed E-state index contributed by atoms with van der Waals surface area (Å²) in [7, 11) is 0. The van der Waals surface area contributed by atoms with Crippen LogP contribution in [0.15, 0.2) is 12.3 Å². The molecule has 4 N–H and O–H groups in total. The van der Waals surface area contributed by atoms with Crippen LogP contribution in [0.3, 0.4) is 0 Å². The fraction of sp³-hybridized carbons (Fsp3) is 0.545. The van der Waals surface area contributed by atoms with Crippen LogP contribution in [0.5, 0.6) is 0 Å². The molecule has 1 unspecified atom stereocenters. The highest BCUT2D eigenvalue weighted by Crippen LogP contribution is 2.23. The Hall–Kier alpha value is -1.00. The number of aliphatic hydroxyl groups is 1. The molecule has 0 spiro atoms. The van der Waals surface area contributed by atoms with Crippen LogP contribution in [-0.4, -0.2) is 22.7 Å². The third-order valence-electron chi connectivity index (χ3n) is 2.43. The van der Waals surface area contributed by atoms with E-state index in [1.165, 1.54) is 0 Å². The first-order chi connectivity index (χ1) is 7.54. The van der Waals surface area contributed by atoms with Gasteiger partial charge >= 0.3 is 0 Å². The number of hydrogen-bond acceptors (Lipinski definition) is 4. The average molecular weight is 244 g/mol. The molecule has 16 heavy (non-hydrogen) atoms. The fourth-order valence-corrected chi connectivity index (χ4v) is 1.68. The minimum atomic E-state index is 0.141. The van der Waals surface area contributed by atoms with Gasteiger partial charge in [0.1, 0.15) is 5.82 Å². The Morgan fingerprint density at radius 1 is 1.56 bits per heavy atom. The lowest BCUT2D eigenvalue weighted by atomic mass is 10.0. The summed E-state index contributed by atoms with van der Waals surface area (Å²) in [6.07, 6.45) is 2.23. The van der Waals surface area contributed by atoms with E-state index in [2.05, 4.69) is 24.1 Å². The van der Waals surface area contributed by atoms with E-state index in [0.29, 0.717) is 28.9 Å². The number of rotatable bonds is 5. The zero-order chi connectivity index (χ0) is 12.1. The molecule has 5 heteroatoms. The normalized spacial score (nSPS) is 12.8. The molecule has 1 aromatic heterocycles. The van der Waals surface area contributed by atoms with Gasteiger partial charge in [-0.2, -0.15) is 0 Å². The number of nitrogens with zero attached hydrogens (tertiary/aromatic N) is 1. The van der Waals surface area contributed by atoms with Gasteiger partial charge in [-0.15, -0.1) is 0 Å². The summed E-state index contributed by atoms with van der Waals surface area (Å²) < 4.78 is 0. The summed E-state index contributed by atoms with van der Waals surface area (Å²) >= 11 is 6.01. The molecule has 1 rings (SSSR count). The molecule has 1 atom stereocenters. The molecule has 0 bridgehead atoms. The third-order valence-corrected chi connectivity index (χ3v) is 2.72. The zero-order valence-electron chi connectivity index (χ0n) is 9.57. The van der Waals surface area contributed by atoms with E-state index in [-0.39, 0.29) is 12.6 Å². The second-order valence-corrected chi connectivity index (χ2v) is 4.51. The van der Waals surface area contributed by atoms with Crippen LogP contribution in [0, 0.1) is 5.92 Å². The summed E-state index contributed by atoms with van der Waals surface area (Å²) in [6, 6.07) is 1.81. The van der Waals surface area contributed by atoms with E-state index in [4.69, 9.17) is 22.4 Å². The average Bonchev–Trinajstić information content (AvgIpc) is 2.20. The van der Waals surface area contributed by atoms with Crippen LogP contribution in [-0.2, 0) is 0 Å². The van der Waals surface area contributed by atoms with Gasteiger partial charge in [-0.25, -0.2) is 4.98 Å². The molecule has 0 radical (unpaired) electrons. The van der Waals surface area contributed by atoms with Crippen molar-refractivity contribution in [3.8, 4) is 0 Å². The van der Waals surface area contributed by atoms with Gasteiger partial charge in [0.2, 0.25) is 0 Å². The van der Waals surface area contributed by atoms with Gasteiger partial charge in [0, 0.05) is 12.6 Å². The van der Waals surface area contributed by atoms with Crippen molar-refractivity contribution in [2.24, 2.45) is 5.92 Å². The van der Waals surface area contributed by atoms with Gasteiger partial charge in [0.05, 0.1) is 16.9 Å². The maximum absolute atomic E-state index is 8.96. The molecule has 1 heterocycles. The Morgan fingerprint density at radius 2 is 2.25 bits per heavy atom. The largest absolute Gasteiger partial charge is 0.397 e. The standard InChI is InChI=1S/C11H18ClN3O/c1-7(2)10(3-4-16)15-11-9(12)5-8(13)6-14-11/h5-7,10,16H,3-4,13H2,1-2H3,(H,14,15). The van der Waals surface area contributed by atoms with Crippen LogP contribution in [0.1, 0.15) is 20.3 Å². The predicted molar refractivity (Wildman–Crippen MR) is 67.6 cm³/mol. The van der Waals surface area contributed by atoms with E-state index >= 15 is 0 Å². The van der Waals surface area contributed by atoms with Gasteiger partial charge in [-0.3, -0.25) is 0 Å². The highest BCUT2D eigenvalue weighted by atomic mass is 35.5. The minimum Gasteiger partial charge on any atom is -0.397 e. The molecule has 0 aliphatic carbocycles. The van der Waals surface area contributed by atoms with Gasteiger partial charge in [0.15, 0.2) is 0 Å². The molecule has 0 aromatic carbocycles. The van der Waals surface area contributed by atoms with Crippen LogP contribution in [0.4, 0.5) is 11.5 Å². The molecule has 90 valence electrons. The van der Waals surface area contributed by atoms with Crippen molar-refractivity contribution in [3.63, 3.8) is 0 Å². The van der Waals surface area contributed by atoms with Gasteiger partial charge in [0.25, 0.3) is 0 Å². The van der Waals surface area contributed by atoms with Crippen molar-refractivity contribution in [1.29, 1.82) is 0 Å². The SMILES string of the molecule is CC(C)C(CCO)Nc1ncc(N)cc1Cl. The van der Waals surface area contributed by atoms with Gasteiger partial charge in [-0.1, -0.05) is 25.4 Å². The van der Waals surface area contributed by atoms with E-state index in [0.717, 1.165) is 0 Å². The van der Waals surface area contributed by atoms with Crippen molar-refractivity contribution in [2.75, 3.05) is 17.7 Å². The summed E-state index contributed by atoms with van der Waals surface area (Å²) in [4.78, 5) is 4.13. The molecule has 4 nitrogen and oxygen atoms in total. The summed E-state index contributed by atoms with van der Waals surface area (Å²) in [5.41, 5.74) is 6.10. The van der Waals surface area contributed by atoms with Crippen LogP contribution in [0.2, 0.25) is 5.02 Å². The second kappa shape index (κ2) is 5.92. The highest BCUT2D eigenvalue weighted by Gasteiger charge is 2.14. The van der Waals surface area contributed by atoms with E-state index in [1.54, 1.807) is 12.3 Å². The zero-order valence-corrected chi connectivity index (χ0v) is 10.3. The Bertz CT molecular complexity index is 344. The minimum absolute atomic E-state index is 0.141. The first kappa shape index (κ1) is 13.1. The Balaban J connectivity index is 2.77. The Morgan fingerprint density at radius 3 is 2.75 bits per heavy atom. The van der Waals surface area contributed by atoms with Crippen LogP contribution < -0.4 is 11.1 Å². The summed E-state index contributed by atoms with van der Waals surface area (Å²) in [5, 5.41) is 12.7. The van der Waals surface area contributed by atoms with Crippen molar-refractivity contribution in [2.45, 2.75) is 26.3 Å². The fourth-order valence-electron chi connectivity index (χ4n) is 1.45. The molecule has 0 aliphatic heterocycles. The molecule has 0 aliphatic rings. The van der Waals surface area contributed by atoms with Crippen LogP contribution >= 0.6 is 11.6 Å². The van der Waals surface area contributed by atoms with Gasteiger partial charge in [-0.05, 0) is 18.4 Å². The lowest BCUT2D eigenvalue weighted by Crippen LogP contribution is -2.27. The van der Waals surface area contributed by atoms with Crippen molar-refractivity contribution >= 4 is 23.1 Å². The molecule has 0 saturated carbocycles. The highest BCUT2D eigenvalue weighted by molar-refractivity contribution is 6.33. The first-order valence-corrected chi connectivity index (χ1v) is 5.70. The van der Waals surface area contributed by atoms with E-state index in [9.17, 15) is 0 Å². The number of pyridine rings is 1. The number of nitrogen functional groups attached to an aromatic ring is 1. The number of nitrogens with two attached hydrogens (primary N) is 1. The predicted octanol–water partition coefficient (Wildman–Crippen LogP) is 2.14. The van der Waals surface area contributed by atoms with Crippen molar-refractivity contribution < 1.29 is 5.11 Å².